The van der Waals surface area contributed by atoms with Gasteiger partial charge in [0, 0.05) is 18.1 Å². The molecule has 0 bridgehead atoms. The van der Waals surface area contributed by atoms with E-state index in [1.807, 2.05) is 12.1 Å². The molecule has 1 atom stereocenters. The van der Waals surface area contributed by atoms with Crippen molar-refractivity contribution in [1.29, 1.82) is 0 Å². The van der Waals surface area contributed by atoms with Crippen molar-refractivity contribution in [3.63, 3.8) is 0 Å². The number of aromatic nitrogens is 1. The maximum atomic E-state index is 11.8. The maximum absolute atomic E-state index is 11.8. The van der Waals surface area contributed by atoms with Crippen LogP contribution < -0.4 is 10.6 Å². The molecule has 0 unspecified atom stereocenters. The Balaban J connectivity index is 1.93. The smallest absolute Gasteiger partial charge is 0.313 e. The van der Waals surface area contributed by atoms with E-state index in [1.165, 1.54) is 0 Å². The average Bonchev–Trinajstić information content (AvgIpc) is 2.49. The number of nitrogens with one attached hydrogen (secondary N) is 2. The third-order valence-electron chi connectivity index (χ3n) is 2.77. The maximum Gasteiger partial charge on any atom is 0.313 e. The van der Waals surface area contributed by atoms with E-state index in [2.05, 4.69) is 15.6 Å². The van der Waals surface area contributed by atoms with Crippen LogP contribution in [0.5, 0.6) is 0 Å². The number of carbonyl (C=O) groups is 2. The minimum atomic E-state index is -0.688. The highest BCUT2D eigenvalue weighted by Crippen LogP contribution is 2.10. The number of carbonyl (C=O) groups excluding carboxylic acids is 2. The Morgan fingerprint density at radius 3 is 2.45 bits per heavy atom. The molecule has 0 aliphatic rings. The second kappa shape index (κ2) is 6.47. The van der Waals surface area contributed by atoms with E-state index >= 15 is 0 Å². The summed E-state index contributed by atoms with van der Waals surface area (Å²) in [6.07, 6.45) is 3.31. The highest BCUT2D eigenvalue weighted by atomic mass is 16.2. The van der Waals surface area contributed by atoms with Gasteiger partial charge in [-0.2, -0.15) is 0 Å². The Hall–Kier alpha value is -2.69. The number of nitrogens with zero attached hydrogens (tertiary/aromatic N) is 1. The van der Waals surface area contributed by atoms with Gasteiger partial charge in [-0.3, -0.25) is 14.6 Å². The fraction of sp³-hybridized carbons (Fsp3) is 0.133. The summed E-state index contributed by atoms with van der Waals surface area (Å²) in [6, 6.07) is 12.2. The van der Waals surface area contributed by atoms with Gasteiger partial charge in [0.25, 0.3) is 0 Å². The van der Waals surface area contributed by atoms with Crippen LogP contribution >= 0.6 is 0 Å². The lowest BCUT2D eigenvalue weighted by atomic mass is 10.1. The molecule has 0 spiro atoms. The van der Waals surface area contributed by atoms with Gasteiger partial charge in [0.05, 0.1) is 6.04 Å². The fourth-order valence-electron chi connectivity index (χ4n) is 1.69. The molecule has 0 saturated carbocycles. The number of hydrogen-bond acceptors (Lipinski definition) is 3. The third-order valence-corrected chi connectivity index (χ3v) is 2.77. The summed E-state index contributed by atoms with van der Waals surface area (Å²) in [7, 11) is 0. The molecule has 0 radical (unpaired) electrons. The zero-order chi connectivity index (χ0) is 14.4. The van der Waals surface area contributed by atoms with Crippen molar-refractivity contribution in [3.05, 3.63) is 60.4 Å². The van der Waals surface area contributed by atoms with Crippen molar-refractivity contribution in [1.82, 2.24) is 10.3 Å². The van der Waals surface area contributed by atoms with Gasteiger partial charge in [0.1, 0.15) is 0 Å². The molecule has 0 saturated heterocycles. The Morgan fingerprint density at radius 2 is 1.80 bits per heavy atom. The number of rotatable bonds is 3. The normalized spacial score (nSPS) is 11.4. The first-order valence-corrected chi connectivity index (χ1v) is 6.23. The first kappa shape index (κ1) is 13.7. The molecule has 1 heterocycles. The quantitative estimate of drug-likeness (QED) is 0.836. The van der Waals surface area contributed by atoms with Crippen molar-refractivity contribution in [2.45, 2.75) is 13.0 Å². The second-order valence-electron chi connectivity index (χ2n) is 4.30. The first-order valence-electron chi connectivity index (χ1n) is 6.23. The summed E-state index contributed by atoms with van der Waals surface area (Å²) in [4.78, 5) is 27.5. The monoisotopic (exact) mass is 269 g/mol. The van der Waals surface area contributed by atoms with E-state index < -0.39 is 11.8 Å². The molecule has 2 aromatic rings. The lowest BCUT2D eigenvalue weighted by molar-refractivity contribution is -0.136. The van der Waals surface area contributed by atoms with E-state index in [0.29, 0.717) is 5.69 Å². The van der Waals surface area contributed by atoms with Gasteiger partial charge < -0.3 is 10.6 Å². The summed E-state index contributed by atoms with van der Waals surface area (Å²) in [5.41, 5.74) is 1.43. The third kappa shape index (κ3) is 3.65. The molecule has 102 valence electrons. The molecule has 2 amide bonds. The number of pyridine rings is 1. The molecule has 1 aromatic carbocycles. The van der Waals surface area contributed by atoms with E-state index in [-0.39, 0.29) is 6.04 Å². The van der Waals surface area contributed by atoms with Crippen LogP contribution in [0.25, 0.3) is 0 Å². The molecular weight excluding hydrogens is 254 g/mol. The Morgan fingerprint density at radius 1 is 1.05 bits per heavy atom. The molecule has 0 fully saturated rings. The van der Waals surface area contributed by atoms with Gasteiger partial charge in [-0.25, -0.2) is 0 Å². The number of para-hydroxylation sites is 1. The lowest BCUT2D eigenvalue weighted by Gasteiger charge is -2.13. The van der Waals surface area contributed by atoms with Crippen LogP contribution in [0.2, 0.25) is 0 Å². The number of hydrogen-bond donors (Lipinski definition) is 2. The molecular formula is C15H15N3O2. The second-order valence-corrected chi connectivity index (χ2v) is 4.30. The van der Waals surface area contributed by atoms with Crippen LogP contribution in [-0.4, -0.2) is 16.8 Å². The van der Waals surface area contributed by atoms with Crippen LogP contribution in [-0.2, 0) is 9.59 Å². The molecule has 5 heteroatoms. The largest absolute Gasteiger partial charge is 0.341 e. The Bertz CT molecular complexity index is 585. The molecule has 0 aliphatic carbocycles. The van der Waals surface area contributed by atoms with Crippen molar-refractivity contribution < 1.29 is 9.59 Å². The Labute approximate surface area is 117 Å². The zero-order valence-corrected chi connectivity index (χ0v) is 11.0. The predicted octanol–water partition coefficient (Wildman–Crippen LogP) is 1.90. The van der Waals surface area contributed by atoms with Crippen LogP contribution in [0.15, 0.2) is 54.9 Å². The molecule has 0 aliphatic heterocycles. The fourth-order valence-corrected chi connectivity index (χ4v) is 1.69. The lowest BCUT2D eigenvalue weighted by Crippen LogP contribution is -2.36. The minimum absolute atomic E-state index is 0.280. The van der Waals surface area contributed by atoms with Gasteiger partial charge in [-0.15, -0.1) is 0 Å². The van der Waals surface area contributed by atoms with Gasteiger partial charge in [-0.05, 0) is 30.7 Å². The van der Waals surface area contributed by atoms with Crippen LogP contribution in [0.3, 0.4) is 0 Å². The van der Waals surface area contributed by atoms with Crippen LogP contribution in [0.4, 0.5) is 5.69 Å². The van der Waals surface area contributed by atoms with Gasteiger partial charge in [0.15, 0.2) is 0 Å². The van der Waals surface area contributed by atoms with Gasteiger partial charge in [-0.1, -0.05) is 24.3 Å². The van der Waals surface area contributed by atoms with Gasteiger partial charge in [0.2, 0.25) is 0 Å². The van der Waals surface area contributed by atoms with Crippen LogP contribution in [0, 0.1) is 0 Å². The summed E-state index contributed by atoms with van der Waals surface area (Å²) < 4.78 is 0. The predicted molar refractivity (Wildman–Crippen MR) is 75.9 cm³/mol. The van der Waals surface area contributed by atoms with E-state index in [9.17, 15) is 9.59 Å². The summed E-state index contributed by atoms with van der Waals surface area (Å²) >= 11 is 0. The summed E-state index contributed by atoms with van der Waals surface area (Å²) in [6.45, 7) is 1.80. The average molecular weight is 269 g/mol. The SMILES string of the molecule is C[C@@H](NC(=O)C(=O)Nc1ccccc1)c1cccnc1. The topological polar surface area (TPSA) is 71.1 Å². The highest BCUT2D eigenvalue weighted by molar-refractivity contribution is 6.39. The summed E-state index contributed by atoms with van der Waals surface area (Å²) in [5.74, 6) is -1.36. The van der Waals surface area contributed by atoms with Crippen molar-refractivity contribution in [2.75, 3.05) is 5.32 Å². The summed E-state index contributed by atoms with van der Waals surface area (Å²) in [5, 5.41) is 5.16. The van der Waals surface area contributed by atoms with Crippen molar-refractivity contribution in [3.8, 4) is 0 Å². The number of benzene rings is 1. The number of anilines is 1. The van der Waals surface area contributed by atoms with Crippen molar-refractivity contribution in [2.24, 2.45) is 0 Å². The van der Waals surface area contributed by atoms with E-state index in [1.54, 1.807) is 49.6 Å². The first-order chi connectivity index (χ1) is 9.66. The van der Waals surface area contributed by atoms with E-state index in [4.69, 9.17) is 0 Å². The number of amides is 2. The van der Waals surface area contributed by atoms with Crippen molar-refractivity contribution >= 4 is 17.5 Å². The zero-order valence-electron chi connectivity index (χ0n) is 11.0. The molecule has 2 N–H and O–H groups in total. The highest BCUT2D eigenvalue weighted by Gasteiger charge is 2.17. The molecule has 2 rings (SSSR count). The molecule has 1 aromatic heterocycles. The minimum Gasteiger partial charge on any atom is -0.341 e. The molecule has 5 nitrogen and oxygen atoms in total. The standard InChI is InChI=1S/C15H15N3O2/c1-11(12-6-5-9-16-10-12)17-14(19)15(20)18-13-7-3-2-4-8-13/h2-11H,1H3,(H,17,19)(H,18,20)/t11-/m1/s1. The van der Waals surface area contributed by atoms with Gasteiger partial charge >= 0.3 is 11.8 Å². The van der Waals surface area contributed by atoms with E-state index in [0.717, 1.165) is 5.56 Å². The van der Waals surface area contributed by atoms with Crippen LogP contribution in [0.1, 0.15) is 18.5 Å². The molecule has 20 heavy (non-hydrogen) atoms. The Kier molecular flexibility index (Phi) is 4.44.